The van der Waals surface area contributed by atoms with Crippen molar-refractivity contribution in [3.63, 3.8) is 0 Å². The molecule has 0 bridgehead atoms. The lowest BCUT2D eigenvalue weighted by Crippen LogP contribution is -2.33. The summed E-state index contributed by atoms with van der Waals surface area (Å²) in [5.74, 6) is 1.30. The Labute approximate surface area is 116 Å². The first-order valence-electron chi connectivity index (χ1n) is 7.03. The lowest BCUT2D eigenvalue weighted by atomic mass is 10.0. The molecule has 1 aromatic heterocycles. The maximum absolute atomic E-state index is 12.1. The SMILES string of the molecule is CCCNc1cc(C(=O)NC(C)CC(C)C)ccn1. The number of pyridine rings is 1. The fourth-order valence-corrected chi connectivity index (χ4v) is 1.99. The fourth-order valence-electron chi connectivity index (χ4n) is 1.99. The molecule has 0 aromatic carbocycles. The summed E-state index contributed by atoms with van der Waals surface area (Å²) >= 11 is 0. The Morgan fingerprint density at radius 3 is 2.74 bits per heavy atom. The third kappa shape index (κ3) is 5.73. The molecule has 1 heterocycles. The number of aromatic nitrogens is 1. The molecule has 106 valence electrons. The summed E-state index contributed by atoms with van der Waals surface area (Å²) in [7, 11) is 0. The zero-order valence-electron chi connectivity index (χ0n) is 12.4. The zero-order chi connectivity index (χ0) is 14.3. The summed E-state index contributed by atoms with van der Waals surface area (Å²) in [6.45, 7) is 9.30. The molecule has 1 atom stereocenters. The van der Waals surface area contributed by atoms with Crippen LogP contribution >= 0.6 is 0 Å². The van der Waals surface area contributed by atoms with Gasteiger partial charge in [-0.15, -0.1) is 0 Å². The van der Waals surface area contributed by atoms with E-state index in [1.807, 2.05) is 6.92 Å². The number of carbonyl (C=O) groups excluding carboxylic acids is 1. The normalized spacial score (nSPS) is 12.3. The maximum Gasteiger partial charge on any atom is 0.251 e. The van der Waals surface area contributed by atoms with E-state index >= 15 is 0 Å². The van der Waals surface area contributed by atoms with Gasteiger partial charge in [-0.2, -0.15) is 0 Å². The molecule has 1 amide bonds. The zero-order valence-corrected chi connectivity index (χ0v) is 12.4. The van der Waals surface area contributed by atoms with Gasteiger partial charge in [0, 0.05) is 24.3 Å². The molecule has 0 aliphatic heterocycles. The van der Waals surface area contributed by atoms with Gasteiger partial charge in [-0.05, 0) is 37.8 Å². The summed E-state index contributed by atoms with van der Waals surface area (Å²) in [4.78, 5) is 16.3. The van der Waals surface area contributed by atoms with Crippen LogP contribution in [0.5, 0.6) is 0 Å². The number of nitrogens with one attached hydrogen (secondary N) is 2. The standard InChI is InChI=1S/C15H25N3O/c1-5-7-16-14-10-13(6-8-17-14)15(19)18-12(4)9-11(2)3/h6,8,10-12H,5,7,9H2,1-4H3,(H,16,17)(H,18,19). The van der Waals surface area contributed by atoms with Gasteiger partial charge in [0.15, 0.2) is 0 Å². The first-order valence-corrected chi connectivity index (χ1v) is 7.03. The Morgan fingerprint density at radius 2 is 2.11 bits per heavy atom. The monoisotopic (exact) mass is 263 g/mol. The van der Waals surface area contributed by atoms with E-state index < -0.39 is 0 Å². The van der Waals surface area contributed by atoms with Gasteiger partial charge in [-0.25, -0.2) is 4.98 Å². The van der Waals surface area contributed by atoms with E-state index in [2.05, 4.69) is 36.4 Å². The van der Waals surface area contributed by atoms with Crippen LogP contribution in [0.15, 0.2) is 18.3 Å². The minimum atomic E-state index is -0.0323. The Kier molecular flexibility index (Phi) is 6.33. The number of amides is 1. The number of nitrogens with zero attached hydrogens (tertiary/aromatic N) is 1. The summed E-state index contributed by atoms with van der Waals surface area (Å²) in [6.07, 6.45) is 3.68. The fraction of sp³-hybridized carbons (Fsp3) is 0.600. The minimum Gasteiger partial charge on any atom is -0.370 e. The lowest BCUT2D eigenvalue weighted by molar-refractivity contribution is 0.0936. The predicted octanol–water partition coefficient (Wildman–Crippen LogP) is 3.07. The van der Waals surface area contributed by atoms with Crippen LogP contribution in [0.2, 0.25) is 0 Å². The van der Waals surface area contributed by atoms with E-state index in [4.69, 9.17) is 0 Å². The number of carbonyl (C=O) groups is 1. The highest BCUT2D eigenvalue weighted by molar-refractivity contribution is 5.94. The number of anilines is 1. The van der Waals surface area contributed by atoms with Gasteiger partial charge in [-0.1, -0.05) is 20.8 Å². The van der Waals surface area contributed by atoms with Crippen molar-refractivity contribution in [3.05, 3.63) is 23.9 Å². The molecule has 4 nitrogen and oxygen atoms in total. The topological polar surface area (TPSA) is 54.0 Å². The molecule has 1 unspecified atom stereocenters. The van der Waals surface area contributed by atoms with Gasteiger partial charge in [0.2, 0.25) is 0 Å². The summed E-state index contributed by atoms with van der Waals surface area (Å²) in [5, 5.41) is 6.20. The third-order valence-corrected chi connectivity index (χ3v) is 2.78. The quantitative estimate of drug-likeness (QED) is 0.795. The first-order chi connectivity index (χ1) is 9.02. The molecule has 19 heavy (non-hydrogen) atoms. The first kappa shape index (κ1) is 15.5. The van der Waals surface area contributed by atoms with Crippen LogP contribution in [0.3, 0.4) is 0 Å². The Bertz CT molecular complexity index is 404. The Morgan fingerprint density at radius 1 is 1.37 bits per heavy atom. The van der Waals surface area contributed by atoms with Gasteiger partial charge < -0.3 is 10.6 Å². The van der Waals surface area contributed by atoms with Crippen LogP contribution < -0.4 is 10.6 Å². The van der Waals surface area contributed by atoms with Crippen LogP contribution in [-0.2, 0) is 0 Å². The van der Waals surface area contributed by atoms with E-state index in [1.165, 1.54) is 0 Å². The summed E-state index contributed by atoms with van der Waals surface area (Å²) in [5.41, 5.74) is 0.657. The van der Waals surface area contributed by atoms with Crippen molar-refractivity contribution in [1.82, 2.24) is 10.3 Å². The van der Waals surface area contributed by atoms with Crippen LogP contribution in [0.25, 0.3) is 0 Å². The molecule has 0 fully saturated rings. The molecule has 1 aromatic rings. The second-order valence-corrected chi connectivity index (χ2v) is 5.36. The Balaban J connectivity index is 2.61. The van der Waals surface area contributed by atoms with E-state index in [1.54, 1.807) is 18.3 Å². The van der Waals surface area contributed by atoms with Crippen molar-refractivity contribution in [2.24, 2.45) is 5.92 Å². The van der Waals surface area contributed by atoms with E-state index in [-0.39, 0.29) is 11.9 Å². The molecule has 0 aliphatic carbocycles. The van der Waals surface area contributed by atoms with Crippen molar-refractivity contribution in [2.75, 3.05) is 11.9 Å². The average molecular weight is 263 g/mol. The average Bonchev–Trinajstić information content (AvgIpc) is 2.35. The molecule has 0 radical (unpaired) electrons. The van der Waals surface area contributed by atoms with E-state index in [0.29, 0.717) is 11.5 Å². The van der Waals surface area contributed by atoms with Crippen molar-refractivity contribution in [3.8, 4) is 0 Å². The number of hydrogen-bond donors (Lipinski definition) is 2. The molecular formula is C15H25N3O. The molecule has 1 rings (SSSR count). The molecular weight excluding hydrogens is 238 g/mol. The largest absolute Gasteiger partial charge is 0.370 e. The molecule has 0 spiro atoms. The number of hydrogen-bond acceptors (Lipinski definition) is 3. The molecule has 0 saturated carbocycles. The predicted molar refractivity (Wildman–Crippen MR) is 79.4 cm³/mol. The highest BCUT2D eigenvalue weighted by Gasteiger charge is 2.11. The highest BCUT2D eigenvalue weighted by atomic mass is 16.1. The smallest absolute Gasteiger partial charge is 0.251 e. The van der Waals surface area contributed by atoms with E-state index in [9.17, 15) is 4.79 Å². The van der Waals surface area contributed by atoms with Crippen LogP contribution in [0, 0.1) is 5.92 Å². The van der Waals surface area contributed by atoms with Gasteiger partial charge in [0.1, 0.15) is 5.82 Å². The molecule has 0 aliphatic rings. The van der Waals surface area contributed by atoms with Crippen LogP contribution in [-0.4, -0.2) is 23.5 Å². The summed E-state index contributed by atoms with van der Waals surface area (Å²) in [6, 6.07) is 3.73. The van der Waals surface area contributed by atoms with E-state index in [0.717, 1.165) is 25.2 Å². The number of rotatable bonds is 7. The minimum absolute atomic E-state index is 0.0323. The molecule has 0 saturated heterocycles. The van der Waals surface area contributed by atoms with Gasteiger partial charge in [-0.3, -0.25) is 4.79 Å². The third-order valence-electron chi connectivity index (χ3n) is 2.78. The van der Waals surface area contributed by atoms with Crippen molar-refractivity contribution in [2.45, 2.75) is 46.6 Å². The Hall–Kier alpha value is -1.58. The van der Waals surface area contributed by atoms with Gasteiger partial charge in [0.25, 0.3) is 5.91 Å². The van der Waals surface area contributed by atoms with Crippen molar-refractivity contribution >= 4 is 11.7 Å². The van der Waals surface area contributed by atoms with Gasteiger partial charge in [0.05, 0.1) is 0 Å². The highest BCUT2D eigenvalue weighted by Crippen LogP contribution is 2.09. The second-order valence-electron chi connectivity index (χ2n) is 5.36. The van der Waals surface area contributed by atoms with Crippen molar-refractivity contribution in [1.29, 1.82) is 0 Å². The second kappa shape index (κ2) is 7.77. The van der Waals surface area contributed by atoms with Gasteiger partial charge >= 0.3 is 0 Å². The van der Waals surface area contributed by atoms with Crippen LogP contribution in [0.1, 0.15) is 50.9 Å². The maximum atomic E-state index is 12.1. The molecule has 2 N–H and O–H groups in total. The van der Waals surface area contributed by atoms with Crippen LogP contribution in [0.4, 0.5) is 5.82 Å². The summed E-state index contributed by atoms with van der Waals surface area (Å²) < 4.78 is 0. The van der Waals surface area contributed by atoms with Crippen molar-refractivity contribution < 1.29 is 4.79 Å². The molecule has 4 heteroatoms. The lowest BCUT2D eigenvalue weighted by Gasteiger charge is -2.16.